The summed E-state index contributed by atoms with van der Waals surface area (Å²) in [5.74, 6) is 0.993. The van der Waals surface area contributed by atoms with Gasteiger partial charge in [-0.25, -0.2) is 5.01 Å². The van der Waals surface area contributed by atoms with E-state index >= 15 is 0 Å². The van der Waals surface area contributed by atoms with Gasteiger partial charge in [-0.3, -0.25) is 14.6 Å². The molecule has 0 bridgehead atoms. The summed E-state index contributed by atoms with van der Waals surface area (Å²) in [6.45, 7) is 2.39. The third-order valence-electron chi connectivity index (χ3n) is 5.94. The molecule has 0 aliphatic carbocycles. The van der Waals surface area contributed by atoms with Gasteiger partial charge >= 0.3 is 0 Å². The summed E-state index contributed by atoms with van der Waals surface area (Å²) in [7, 11) is 3.19. The zero-order valence-corrected chi connectivity index (χ0v) is 20.0. The number of carbonyl (C=O) groups is 2. The molecule has 1 aromatic heterocycles. The maximum atomic E-state index is 12.8. The van der Waals surface area contributed by atoms with Crippen molar-refractivity contribution in [3.63, 3.8) is 0 Å². The van der Waals surface area contributed by atoms with Gasteiger partial charge < -0.3 is 14.8 Å². The first-order valence-electron chi connectivity index (χ1n) is 11.4. The van der Waals surface area contributed by atoms with E-state index in [0.717, 1.165) is 23.3 Å². The molecule has 2 heterocycles. The van der Waals surface area contributed by atoms with E-state index in [1.807, 2.05) is 30.3 Å². The van der Waals surface area contributed by atoms with Crippen LogP contribution < -0.4 is 14.8 Å². The topological polar surface area (TPSA) is 93.1 Å². The number of hydrogen-bond acceptors (Lipinski definition) is 6. The number of rotatable bonds is 8. The molecule has 0 saturated carbocycles. The number of anilines is 1. The lowest BCUT2D eigenvalue weighted by Gasteiger charge is -2.29. The molecule has 1 N–H and O–H groups in total. The molecule has 2 amide bonds. The highest BCUT2D eigenvalue weighted by Crippen LogP contribution is 2.31. The van der Waals surface area contributed by atoms with Gasteiger partial charge in [0.15, 0.2) is 11.5 Å². The van der Waals surface area contributed by atoms with Gasteiger partial charge in [0.25, 0.3) is 5.91 Å². The van der Waals surface area contributed by atoms with Crippen LogP contribution in [0.1, 0.15) is 41.4 Å². The zero-order chi connectivity index (χ0) is 24.8. The van der Waals surface area contributed by atoms with Crippen LogP contribution in [0.5, 0.6) is 11.5 Å². The largest absolute Gasteiger partial charge is 0.493 e. The van der Waals surface area contributed by atoms with Gasteiger partial charge in [0.2, 0.25) is 5.91 Å². The van der Waals surface area contributed by atoms with Crippen molar-refractivity contribution < 1.29 is 19.1 Å². The minimum absolute atomic E-state index is 0.0198. The van der Waals surface area contributed by atoms with E-state index < -0.39 is 0 Å². The fourth-order valence-electron chi connectivity index (χ4n) is 3.99. The van der Waals surface area contributed by atoms with Crippen molar-refractivity contribution in [1.82, 2.24) is 9.99 Å². The molecule has 1 aliphatic rings. The number of hydrogen-bond donors (Lipinski definition) is 1. The highest BCUT2D eigenvalue weighted by Gasteiger charge is 2.29. The maximum Gasteiger partial charge on any atom is 0.274 e. The van der Waals surface area contributed by atoms with Crippen molar-refractivity contribution in [2.24, 2.45) is 11.0 Å². The molecule has 0 spiro atoms. The monoisotopic (exact) mass is 472 g/mol. The predicted molar refractivity (Wildman–Crippen MR) is 134 cm³/mol. The maximum absolute atomic E-state index is 12.8. The predicted octanol–water partition coefficient (Wildman–Crippen LogP) is 4.51. The van der Waals surface area contributed by atoms with Crippen LogP contribution in [0.4, 0.5) is 5.69 Å². The molecule has 1 unspecified atom stereocenters. The van der Waals surface area contributed by atoms with Crippen molar-refractivity contribution in [3.05, 3.63) is 83.7 Å². The van der Waals surface area contributed by atoms with Crippen LogP contribution in [-0.4, -0.2) is 41.7 Å². The molecule has 0 saturated heterocycles. The second-order valence-corrected chi connectivity index (χ2v) is 8.18. The lowest BCUT2D eigenvalue weighted by molar-refractivity contribution is -0.133. The average molecular weight is 473 g/mol. The van der Waals surface area contributed by atoms with Crippen molar-refractivity contribution in [1.29, 1.82) is 0 Å². The van der Waals surface area contributed by atoms with Crippen LogP contribution in [0, 0.1) is 5.92 Å². The Morgan fingerprint density at radius 2 is 1.83 bits per heavy atom. The van der Waals surface area contributed by atoms with Gasteiger partial charge in [0.05, 0.1) is 26.5 Å². The standard InChI is InChI=1S/C27H28N4O4/c1-4-19-16-25(32)31(30-26(19)20-10-13-23(34-2)24(15-20)35-3)17-18-8-11-21(12-9-18)29-27(33)22-7-5-6-14-28-22/h5-15,19H,4,16-17H2,1-3H3,(H,29,33). The molecule has 0 fully saturated rings. The molecule has 8 nitrogen and oxygen atoms in total. The number of nitrogens with zero attached hydrogens (tertiary/aromatic N) is 3. The molecule has 1 aliphatic heterocycles. The Morgan fingerprint density at radius 1 is 1.06 bits per heavy atom. The first-order valence-corrected chi connectivity index (χ1v) is 11.4. The fourth-order valence-corrected chi connectivity index (χ4v) is 3.99. The smallest absolute Gasteiger partial charge is 0.274 e. The third kappa shape index (κ3) is 5.48. The Morgan fingerprint density at radius 3 is 2.49 bits per heavy atom. The summed E-state index contributed by atoms with van der Waals surface area (Å²) < 4.78 is 10.8. The Balaban J connectivity index is 1.52. The molecule has 3 aromatic rings. The first kappa shape index (κ1) is 23.9. The van der Waals surface area contributed by atoms with Gasteiger partial charge in [-0.2, -0.15) is 5.10 Å². The minimum Gasteiger partial charge on any atom is -0.493 e. The van der Waals surface area contributed by atoms with Crippen molar-refractivity contribution >= 4 is 23.2 Å². The van der Waals surface area contributed by atoms with E-state index in [0.29, 0.717) is 35.8 Å². The van der Waals surface area contributed by atoms with Crippen LogP contribution in [0.25, 0.3) is 0 Å². The molecule has 35 heavy (non-hydrogen) atoms. The van der Waals surface area contributed by atoms with E-state index in [1.165, 1.54) is 5.01 Å². The van der Waals surface area contributed by atoms with Gasteiger partial charge in [0, 0.05) is 29.8 Å². The number of hydrazone groups is 1. The Kier molecular flexibility index (Phi) is 7.40. The van der Waals surface area contributed by atoms with Crippen molar-refractivity contribution in [2.45, 2.75) is 26.3 Å². The van der Waals surface area contributed by atoms with Crippen LogP contribution >= 0.6 is 0 Å². The van der Waals surface area contributed by atoms with E-state index in [9.17, 15) is 9.59 Å². The van der Waals surface area contributed by atoms with Gasteiger partial charge in [-0.15, -0.1) is 0 Å². The van der Waals surface area contributed by atoms with E-state index in [2.05, 4.69) is 17.2 Å². The molecule has 1 atom stereocenters. The lowest BCUT2D eigenvalue weighted by atomic mass is 9.89. The molecular formula is C27H28N4O4. The fraction of sp³-hybridized carbons (Fsp3) is 0.259. The Hall–Kier alpha value is -4.20. The summed E-state index contributed by atoms with van der Waals surface area (Å²) in [6, 6.07) is 18.2. The average Bonchev–Trinajstić information content (AvgIpc) is 2.90. The molecule has 0 radical (unpaired) electrons. The summed E-state index contributed by atoms with van der Waals surface area (Å²) in [6.07, 6.45) is 2.77. The highest BCUT2D eigenvalue weighted by molar-refractivity contribution is 6.06. The van der Waals surface area contributed by atoms with Crippen molar-refractivity contribution in [2.75, 3.05) is 19.5 Å². The summed E-state index contributed by atoms with van der Waals surface area (Å²) in [5, 5.41) is 9.09. The molecule has 180 valence electrons. The molecule has 4 rings (SSSR count). The number of carbonyl (C=O) groups excluding carboxylic acids is 2. The van der Waals surface area contributed by atoms with E-state index in [-0.39, 0.29) is 17.7 Å². The second kappa shape index (κ2) is 10.8. The number of ether oxygens (including phenoxy) is 2. The molecule has 8 heteroatoms. The van der Waals surface area contributed by atoms with Gasteiger partial charge in [0.1, 0.15) is 5.69 Å². The Labute approximate surface area is 204 Å². The first-order chi connectivity index (χ1) is 17.0. The highest BCUT2D eigenvalue weighted by atomic mass is 16.5. The van der Waals surface area contributed by atoms with Gasteiger partial charge in [-0.05, 0) is 54.4 Å². The Bertz CT molecular complexity index is 1230. The van der Waals surface area contributed by atoms with Crippen molar-refractivity contribution in [3.8, 4) is 11.5 Å². The number of amides is 2. The van der Waals surface area contributed by atoms with Crippen LogP contribution in [0.3, 0.4) is 0 Å². The number of pyridine rings is 1. The second-order valence-electron chi connectivity index (χ2n) is 8.18. The number of nitrogens with one attached hydrogen (secondary N) is 1. The van der Waals surface area contributed by atoms with Gasteiger partial charge in [-0.1, -0.05) is 25.1 Å². The van der Waals surface area contributed by atoms with E-state index in [4.69, 9.17) is 14.6 Å². The molecular weight excluding hydrogens is 444 g/mol. The number of aromatic nitrogens is 1. The number of benzene rings is 2. The summed E-state index contributed by atoms with van der Waals surface area (Å²) in [5.41, 5.74) is 3.65. The summed E-state index contributed by atoms with van der Waals surface area (Å²) in [4.78, 5) is 29.2. The third-order valence-corrected chi connectivity index (χ3v) is 5.94. The SMILES string of the molecule is CCC1CC(=O)N(Cc2ccc(NC(=O)c3ccccn3)cc2)N=C1c1ccc(OC)c(OC)c1. The quantitative estimate of drug-likeness (QED) is 0.521. The van der Waals surface area contributed by atoms with E-state index in [1.54, 1.807) is 50.7 Å². The van der Waals surface area contributed by atoms with Crippen LogP contribution in [0.15, 0.2) is 72.0 Å². The molecule has 2 aromatic carbocycles. The van der Waals surface area contributed by atoms with Crippen LogP contribution in [-0.2, 0) is 11.3 Å². The number of methoxy groups -OCH3 is 2. The van der Waals surface area contributed by atoms with Crippen LogP contribution in [0.2, 0.25) is 0 Å². The minimum atomic E-state index is -0.278. The normalized spacial score (nSPS) is 15.4. The lowest BCUT2D eigenvalue weighted by Crippen LogP contribution is -2.36. The zero-order valence-electron chi connectivity index (χ0n) is 20.0. The summed E-state index contributed by atoms with van der Waals surface area (Å²) >= 11 is 0.